The van der Waals surface area contributed by atoms with Gasteiger partial charge in [-0.2, -0.15) is 5.26 Å². The van der Waals surface area contributed by atoms with Gasteiger partial charge in [0.2, 0.25) is 0 Å². The molecule has 0 radical (unpaired) electrons. The average Bonchev–Trinajstić information content (AvgIpc) is 2.74. The topological polar surface area (TPSA) is 75.8 Å². The first-order valence-corrected chi connectivity index (χ1v) is 8.68. The molecule has 3 aromatic carbocycles. The van der Waals surface area contributed by atoms with Gasteiger partial charge in [-0.1, -0.05) is 36.4 Å². The van der Waals surface area contributed by atoms with Crippen molar-refractivity contribution < 1.29 is 4.74 Å². The minimum atomic E-state index is -0.178. The van der Waals surface area contributed by atoms with Gasteiger partial charge in [-0.15, -0.1) is 0 Å². The van der Waals surface area contributed by atoms with Crippen molar-refractivity contribution in [2.75, 3.05) is 0 Å². The molecule has 136 valence electrons. The standard InChI is InChI=1S/C23H18N4O/c1-16(18-8-6-17(15-24)7-9-18)28-22-5-3-4-19(14-22)23(25)27-21-12-10-20(26-2)11-13-21/h3-14,16H,1H3,(H2,25,27)/t16-/m1/s1. The average molecular weight is 366 g/mol. The molecule has 0 aliphatic carbocycles. The SMILES string of the molecule is [C-]#[N+]c1ccc(N=C(N)c2cccc(O[C@H](C)c3ccc(C#N)cc3)c2)cc1. The molecule has 5 heteroatoms. The van der Waals surface area contributed by atoms with Crippen LogP contribution in [0.3, 0.4) is 0 Å². The molecule has 0 heterocycles. The second kappa shape index (κ2) is 8.53. The van der Waals surface area contributed by atoms with Crippen molar-refractivity contribution in [1.29, 1.82) is 5.26 Å². The van der Waals surface area contributed by atoms with Gasteiger partial charge in [0.05, 0.1) is 23.9 Å². The molecule has 2 N–H and O–H groups in total. The number of hydrogen-bond acceptors (Lipinski definition) is 3. The van der Waals surface area contributed by atoms with Gasteiger partial charge in [0, 0.05) is 5.56 Å². The van der Waals surface area contributed by atoms with Crippen molar-refractivity contribution in [2.45, 2.75) is 13.0 Å². The lowest BCUT2D eigenvalue weighted by Crippen LogP contribution is -2.13. The van der Waals surface area contributed by atoms with Crippen LogP contribution in [-0.4, -0.2) is 5.84 Å². The molecule has 5 nitrogen and oxygen atoms in total. The largest absolute Gasteiger partial charge is 0.486 e. The van der Waals surface area contributed by atoms with E-state index in [1.54, 1.807) is 36.4 Å². The van der Waals surface area contributed by atoms with Crippen LogP contribution in [0.2, 0.25) is 0 Å². The predicted molar refractivity (Wildman–Crippen MR) is 110 cm³/mol. The second-order valence-corrected chi connectivity index (χ2v) is 6.15. The number of nitrogens with zero attached hydrogens (tertiary/aromatic N) is 3. The first-order valence-electron chi connectivity index (χ1n) is 8.68. The Kier molecular flexibility index (Phi) is 5.69. The summed E-state index contributed by atoms with van der Waals surface area (Å²) in [4.78, 5) is 7.77. The van der Waals surface area contributed by atoms with E-state index in [-0.39, 0.29) is 6.10 Å². The van der Waals surface area contributed by atoms with Crippen molar-refractivity contribution in [3.05, 3.63) is 101 Å². The summed E-state index contributed by atoms with van der Waals surface area (Å²) < 4.78 is 6.02. The zero-order chi connectivity index (χ0) is 19.9. The highest BCUT2D eigenvalue weighted by Gasteiger charge is 2.09. The fraction of sp³-hybridized carbons (Fsp3) is 0.0870. The highest BCUT2D eigenvalue weighted by atomic mass is 16.5. The third kappa shape index (κ3) is 4.55. The summed E-state index contributed by atoms with van der Waals surface area (Å²) in [6.45, 7) is 8.94. The molecule has 3 rings (SSSR count). The minimum Gasteiger partial charge on any atom is -0.486 e. The Morgan fingerprint density at radius 1 is 1.11 bits per heavy atom. The maximum absolute atomic E-state index is 8.90. The van der Waals surface area contributed by atoms with E-state index in [9.17, 15) is 0 Å². The molecule has 0 aliphatic rings. The molecule has 28 heavy (non-hydrogen) atoms. The summed E-state index contributed by atoms with van der Waals surface area (Å²) in [5.41, 5.74) is 9.73. The quantitative estimate of drug-likeness (QED) is 0.379. The Labute approximate surface area is 164 Å². The van der Waals surface area contributed by atoms with Crippen LogP contribution in [0.15, 0.2) is 77.8 Å². The van der Waals surface area contributed by atoms with E-state index in [0.29, 0.717) is 28.5 Å². The van der Waals surface area contributed by atoms with Gasteiger partial charge < -0.3 is 10.5 Å². The molecule has 0 fully saturated rings. The summed E-state index contributed by atoms with van der Waals surface area (Å²) in [6, 6.07) is 23.8. The van der Waals surface area contributed by atoms with Gasteiger partial charge in [-0.25, -0.2) is 9.84 Å². The summed E-state index contributed by atoms with van der Waals surface area (Å²) in [6.07, 6.45) is -0.178. The highest BCUT2D eigenvalue weighted by Crippen LogP contribution is 2.24. The maximum Gasteiger partial charge on any atom is 0.187 e. The molecule has 3 aromatic rings. The molecule has 0 amide bonds. The fourth-order valence-corrected chi connectivity index (χ4v) is 2.63. The van der Waals surface area contributed by atoms with Gasteiger partial charge in [0.1, 0.15) is 17.7 Å². The van der Waals surface area contributed by atoms with Gasteiger partial charge in [0.15, 0.2) is 5.69 Å². The molecule has 1 atom stereocenters. The number of nitriles is 1. The van der Waals surface area contributed by atoms with E-state index in [4.69, 9.17) is 22.3 Å². The number of benzene rings is 3. The van der Waals surface area contributed by atoms with Crippen LogP contribution in [0.4, 0.5) is 11.4 Å². The number of nitrogens with two attached hydrogens (primary N) is 1. The summed E-state index contributed by atoms with van der Waals surface area (Å²) in [5, 5.41) is 8.90. The third-order valence-electron chi connectivity index (χ3n) is 4.18. The Morgan fingerprint density at radius 3 is 2.46 bits per heavy atom. The number of aliphatic imine (C=N–C) groups is 1. The monoisotopic (exact) mass is 366 g/mol. The van der Waals surface area contributed by atoms with E-state index in [0.717, 1.165) is 11.1 Å². The highest BCUT2D eigenvalue weighted by molar-refractivity contribution is 5.99. The molecule has 0 spiro atoms. The van der Waals surface area contributed by atoms with E-state index in [1.165, 1.54) is 0 Å². The van der Waals surface area contributed by atoms with E-state index >= 15 is 0 Å². The lowest BCUT2D eigenvalue weighted by atomic mass is 10.1. The van der Waals surface area contributed by atoms with Crippen LogP contribution in [0, 0.1) is 17.9 Å². The van der Waals surface area contributed by atoms with Gasteiger partial charge in [-0.3, -0.25) is 0 Å². The number of rotatable bonds is 5. The third-order valence-corrected chi connectivity index (χ3v) is 4.18. The summed E-state index contributed by atoms with van der Waals surface area (Å²) >= 11 is 0. The molecule has 0 aliphatic heterocycles. The second-order valence-electron chi connectivity index (χ2n) is 6.15. The van der Waals surface area contributed by atoms with Crippen molar-refractivity contribution in [3.8, 4) is 11.8 Å². The zero-order valence-electron chi connectivity index (χ0n) is 15.3. The van der Waals surface area contributed by atoms with Crippen LogP contribution >= 0.6 is 0 Å². The Balaban J connectivity index is 1.76. The molecule has 0 bridgehead atoms. The first kappa shape index (κ1) is 18.7. The zero-order valence-corrected chi connectivity index (χ0v) is 15.3. The smallest absolute Gasteiger partial charge is 0.187 e. The molecular weight excluding hydrogens is 348 g/mol. The van der Waals surface area contributed by atoms with Crippen molar-refractivity contribution in [3.63, 3.8) is 0 Å². The molecule has 0 unspecified atom stereocenters. The fourth-order valence-electron chi connectivity index (χ4n) is 2.63. The van der Waals surface area contributed by atoms with Crippen LogP contribution in [0.25, 0.3) is 4.85 Å². The predicted octanol–water partition coefficient (Wildman–Crippen LogP) is 5.29. The van der Waals surface area contributed by atoms with Crippen molar-refractivity contribution >= 4 is 17.2 Å². The molecule has 0 aromatic heterocycles. The van der Waals surface area contributed by atoms with Crippen LogP contribution in [0.5, 0.6) is 5.75 Å². The normalized spacial score (nSPS) is 11.9. The molecule has 0 saturated heterocycles. The van der Waals surface area contributed by atoms with E-state index < -0.39 is 0 Å². The Bertz CT molecular complexity index is 1070. The minimum absolute atomic E-state index is 0.178. The van der Waals surface area contributed by atoms with Crippen LogP contribution in [-0.2, 0) is 0 Å². The van der Waals surface area contributed by atoms with Gasteiger partial charge in [-0.05, 0) is 48.9 Å². The summed E-state index contributed by atoms with van der Waals surface area (Å²) in [5.74, 6) is 1.04. The number of ether oxygens (including phenoxy) is 1. The van der Waals surface area contributed by atoms with E-state index in [1.807, 2.05) is 43.3 Å². The lowest BCUT2D eigenvalue weighted by Gasteiger charge is -2.16. The Morgan fingerprint density at radius 2 is 1.82 bits per heavy atom. The molecular formula is C23H18N4O. The first-order chi connectivity index (χ1) is 13.6. The van der Waals surface area contributed by atoms with Gasteiger partial charge >= 0.3 is 0 Å². The van der Waals surface area contributed by atoms with Gasteiger partial charge in [0.25, 0.3) is 0 Å². The summed E-state index contributed by atoms with van der Waals surface area (Å²) in [7, 11) is 0. The van der Waals surface area contributed by atoms with Crippen LogP contribution < -0.4 is 10.5 Å². The number of hydrogen-bond donors (Lipinski definition) is 1. The molecule has 0 saturated carbocycles. The number of amidine groups is 1. The van der Waals surface area contributed by atoms with Crippen molar-refractivity contribution in [2.24, 2.45) is 10.7 Å². The van der Waals surface area contributed by atoms with Crippen molar-refractivity contribution in [1.82, 2.24) is 0 Å². The maximum atomic E-state index is 8.90. The Hall–Kier alpha value is -4.09. The van der Waals surface area contributed by atoms with Crippen LogP contribution in [0.1, 0.15) is 29.7 Å². The lowest BCUT2D eigenvalue weighted by molar-refractivity contribution is 0.227. The van der Waals surface area contributed by atoms with E-state index in [2.05, 4.69) is 15.9 Å².